The molecule has 0 spiro atoms. The fourth-order valence-corrected chi connectivity index (χ4v) is 5.42. The van der Waals surface area contributed by atoms with Crippen LogP contribution in [0.3, 0.4) is 0 Å². The summed E-state index contributed by atoms with van der Waals surface area (Å²) in [6.07, 6.45) is 3.01. The van der Waals surface area contributed by atoms with Crippen LogP contribution < -0.4 is 20.1 Å². The van der Waals surface area contributed by atoms with Gasteiger partial charge in [0, 0.05) is 13.1 Å². The summed E-state index contributed by atoms with van der Waals surface area (Å²) in [6, 6.07) is 27.9. The van der Waals surface area contributed by atoms with Gasteiger partial charge in [-0.25, -0.2) is 14.8 Å². The molecule has 12 nitrogen and oxygen atoms in total. The van der Waals surface area contributed by atoms with Crippen LogP contribution in [0, 0.1) is 17.9 Å². The third-order valence-corrected chi connectivity index (χ3v) is 8.11. The lowest BCUT2D eigenvalue weighted by atomic mass is 10.2. The predicted molar refractivity (Wildman–Crippen MR) is 192 cm³/mol. The number of aromatic nitrogens is 4. The molecule has 51 heavy (non-hydrogen) atoms. The van der Waals surface area contributed by atoms with Crippen molar-refractivity contribution >= 4 is 39.6 Å². The van der Waals surface area contributed by atoms with Crippen LogP contribution in [0.1, 0.15) is 47.6 Å². The smallest absolute Gasteiger partial charge is 0.227 e. The Kier molecular flexibility index (Phi) is 11.2. The average molecular weight is 681 g/mol. The topological polar surface area (TPSA) is 162 Å². The van der Waals surface area contributed by atoms with Crippen molar-refractivity contribution in [2.75, 3.05) is 13.2 Å². The van der Waals surface area contributed by atoms with Gasteiger partial charge in [-0.2, -0.15) is 5.26 Å². The van der Waals surface area contributed by atoms with Crippen molar-refractivity contribution in [3.05, 3.63) is 125 Å². The SMILES string of the molecule is [C-]#[N+]c1ccc2nc(CC(=O)NCc3ccc(OCCCCCOc4ccc(CNC(=O)Cc5nc6ccc(C#N)cc6[nH]5)cc4)cc3)[nH]c2c1. The maximum atomic E-state index is 12.4. The fraction of sp³-hybridized carbons (Fsp3) is 0.231. The summed E-state index contributed by atoms with van der Waals surface area (Å²) in [5.41, 5.74) is 5.93. The lowest BCUT2D eigenvalue weighted by molar-refractivity contribution is -0.121. The first-order chi connectivity index (χ1) is 24.9. The molecule has 4 N–H and O–H groups in total. The summed E-state index contributed by atoms with van der Waals surface area (Å²) in [5.74, 6) is 2.39. The van der Waals surface area contributed by atoms with Gasteiger partial charge in [0.05, 0.1) is 66.3 Å². The van der Waals surface area contributed by atoms with Crippen LogP contribution in [0.4, 0.5) is 5.69 Å². The van der Waals surface area contributed by atoms with Gasteiger partial charge in [-0.1, -0.05) is 30.3 Å². The number of rotatable bonds is 16. The Morgan fingerprint density at radius 1 is 0.706 bits per heavy atom. The third-order valence-electron chi connectivity index (χ3n) is 8.11. The van der Waals surface area contributed by atoms with E-state index in [0.717, 1.165) is 64.0 Å². The van der Waals surface area contributed by atoms with Crippen molar-refractivity contribution < 1.29 is 19.1 Å². The standard InChI is InChI=1S/C39H36N8O4/c1-41-29-10-16-33-35(20-29)47-37(45-33)22-39(49)43-25-27-7-13-31(14-8-27)51-18-4-2-3-17-50-30-11-5-26(6-12-30)24-42-38(48)21-36-44-32-15-9-28(23-40)19-34(32)46-36/h5-16,19-20H,2-4,17-18,21-22,24-25H2,(H,42,48)(H,43,49)(H,44,46)(H,45,47). The lowest BCUT2D eigenvalue weighted by Gasteiger charge is -2.09. The maximum Gasteiger partial charge on any atom is 0.227 e. The van der Waals surface area contributed by atoms with Gasteiger partial charge < -0.3 is 30.1 Å². The first-order valence-electron chi connectivity index (χ1n) is 16.7. The van der Waals surface area contributed by atoms with E-state index in [-0.39, 0.29) is 24.7 Å². The van der Waals surface area contributed by atoms with E-state index in [1.165, 1.54) is 0 Å². The van der Waals surface area contributed by atoms with E-state index in [0.29, 0.717) is 49.2 Å². The van der Waals surface area contributed by atoms with Crippen molar-refractivity contribution in [3.63, 3.8) is 0 Å². The number of nitrogens with one attached hydrogen (secondary N) is 4. The summed E-state index contributed by atoms with van der Waals surface area (Å²) in [5, 5.41) is 14.9. The Balaban J connectivity index is 0.810. The number of hydrogen-bond acceptors (Lipinski definition) is 7. The number of ether oxygens (including phenoxy) is 2. The molecule has 0 atom stereocenters. The molecule has 0 saturated carbocycles. The Morgan fingerprint density at radius 3 is 1.73 bits per heavy atom. The number of H-pyrrole nitrogens is 2. The second-order valence-corrected chi connectivity index (χ2v) is 12.0. The maximum absolute atomic E-state index is 12.4. The first kappa shape index (κ1) is 34.2. The molecule has 256 valence electrons. The van der Waals surface area contributed by atoms with Gasteiger partial charge in [-0.15, -0.1) is 0 Å². The minimum Gasteiger partial charge on any atom is -0.494 e. The largest absolute Gasteiger partial charge is 0.494 e. The number of unbranched alkanes of at least 4 members (excludes halogenated alkanes) is 2. The second-order valence-electron chi connectivity index (χ2n) is 12.0. The van der Waals surface area contributed by atoms with Crippen molar-refractivity contribution in [1.29, 1.82) is 5.26 Å². The van der Waals surface area contributed by atoms with E-state index < -0.39 is 0 Å². The normalized spacial score (nSPS) is 10.8. The van der Waals surface area contributed by atoms with Crippen LogP contribution in [0.25, 0.3) is 26.9 Å². The summed E-state index contributed by atoms with van der Waals surface area (Å²) in [6.45, 7) is 9.13. The summed E-state index contributed by atoms with van der Waals surface area (Å²) in [7, 11) is 0. The highest BCUT2D eigenvalue weighted by Gasteiger charge is 2.11. The number of fused-ring (bicyclic) bond motifs is 2. The lowest BCUT2D eigenvalue weighted by Crippen LogP contribution is -2.24. The van der Waals surface area contributed by atoms with E-state index in [9.17, 15) is 9.59 Å². The number of hydrogen-bond donors (Lipinski definition) is 4. The molecule has 2 heterocycles. The fourth-order valence-electron chi connectivity index (χ4n) is 5.42. The molecule has 0 aliphatic rings. The predicted octanol–water partition coefficient (Wildman–Crippen LogP) is 6.21. The van der Waals surface area contributed by atoms with Gasteiger partial charge in [0.1, 0.15) is 23.1 Å². The highest BCUT2D eigenvalue weighted by Crippen LogP contribution is 2.20. The number of carbonyl (C=O) groups excluding carboxylic acids is 2. The summed E-state index contributed by atoms with van der Waals surface area (Å²) in [4.78, 5) is 43.4. The van der Waals surface area contributed by atoms with Crippen LogP contribution in [0.2, 0.25) is 0 Å². The van der Waals surface area contributed by atoms with Crippen LogP contribution >= 0.6 is 0 Å². The highest BCUT2D eigenvalue weighted by atomic mass is 16.5. The second kappa shape index (κ2) is 16.6. The van der Waals surface area contributed by atoms with Crippen molar-refractivity contribution in [3.8, 4) is 17.6 Å². The van der Waals surface area contributed by atoms with Crippen LogP contribution in [0.15, 0.2) is 84.9 Å². The number of imidazole rings is 2. The number of nitriles is 1. The van der Waals surface area contributed by atoms with Crippen LogP contribution in [-0.2, 0) is 35.5 Å². The Hall–Kier alpha value is -6.66. The zero-order valence-corrected chi connectivity index (χ0v) is 27.9. The molecular weight excluding hydrogens is 644 g/mol. The molecule has 0 bridgehead atoms. The van der Waals surface area contributed by atoms with Gasteiger partial charge in [0.2, 0.25) is 11.8 Å². The van der Waals surface area contributed by atoms with Gasteiger partial charge in [0.15, 0.2) is 5.69 Å². The monoisotopic (exact) mass is 680 g/mol. The van der Waals surface area contributed by atoms with E-state index in [4.69, 9.17) is 21.3 Å². The highest BCUT2D eigenvalue weighted by molar-refractivity contribution is 5.83. The van der Waals surface area contributed by atoms with Gasteiger partial charge >= 0.3 is 0 Å². The Morgan fingerprint density at radius 2 is 1.22 bits per heavy atom. The molecule has 0 fully saturated rings. The number of amides is 2. The van der Waals surface area contributed by atoms with Crippen molar-refractivity contribution in [1.82, 2.24) is 30.6 Å². The Labute approximate surface area is 294 Å². The van der Waals surface area contributed by atoms with E-state index in [1.54, 1.807) is 36.4 Å². The zero-order chi connectivity index (χ0) is 35.4. The molecule has 6 aromatic rings. The molecule has 12 heteroatoms. The number of nitrogens with zero attached hydrogens (tertiary/aromatic N) is 4. The molecule has 2 amide bonds. The van der Waals surface area contributed by atoms with Crippen LogP contribution in [0.5, 0.6) is 11.5 Å². The average Bonchev–Trinajstić information content (AvgIpc) is 3.75. The van der Waals surface area contributed by atoms with E-state index in [2.05, 4.69) is 41.5 Å². The minimum atomic E-state index is -0.146. The molecule has 0 radical (unpaired) electrons. The molecule has 4 aromatic carbocycles. The zero-order valence-electron chi connectivity index (χ0n) is 27.9. The molecular formula is C39H36N8O4. The van der Waals surface area contributed by atoms with Gasteiger partial charge in [-0.05, 0) is 85.0 Å². The van der Waals surface area contributed by atoms with Crippen molar-refractivity contribution in [2.45, 2.75) is 45.2 Å². The summed E-state index contributed by atoms with van der Waals surface area (Å²) < 4.78 is 11.8. The minimum absolute atomic E-state index is 0.122. The molecule has 0 aliphatic carbocycles. The molecule has 0 unspecified atom stereocenters. The molecule has 0 saturated heterocycles. The third kappa shape index (κ3) is 9.71. The molecule has 6 rings (SSSR count). The van der Waals surface area contributed by atoms with Crippen LogP contribution in [-0.4, -0.2) is 45.0 Å². The quantitative estimate of drug-likeness (QED) is 0.0698. The van der Waals surface area contributed by atoms with E-state index >= 15 is 0 Å². The van der Waals surface area contributed by atoms with E-state index in [1.807, 2.05) is 48.5 Å². The first-order valence-corrected chi connectivity index (χ1v) is 16.7. The number of aromatic amines is 2. The number of carbonyl (C=O) groups is 2. The number of benzene rings is 4. The van der Waals surface area contributed by atoms with Gasteiger partial charge in [0.25, 0.3) is 0 Å². The van der Waals surface area contributed by atoms with Crippen molar-refractivity contribution in [2.24, 2.45) is 0 Å². The molecule has 0 aliphatic heterocycles. The van der Waals surface area contributed by atoms with Gasteiger partial charge in [-0.3, -0.25) is 9.59 Å². The summed E-state index contributed by atoms with van der Waals surface area (Å²) >= 11 is 0. The molecule has 2 aromatic heterocycles. The Bertz CT molecular complexity index is 2050.